The largest absolute Gasteiger partial charge is 0.467 e. The monoisotopic (exact) mass is 260 g/mol. The zero-order valence-corrected chi connectivity index (χ0v) is 11.4. The van der Waals surface area contributed by atoms with Crippen LogP contribution in [0.3, 0.4) is 0 Å². The Labute approximate surface area is 114 Å². The van der Waals surface area contributed by atoms with Crippen molar-refractivity contribution in [3.05, 3.63) is 48.0 Å². The first-order valence-corrected chi connectivity index (χ1v) is 6.66. The minimum absolute atomic E-state index is 0.0642. The maximum absolute atomic E-state index is 11.5. The third-order valence-electron chi connectivity index (χ3n) is 3.49. The molecule has 102 valence electrons. The number of hydrogen-bond donors (Lipinski definition) is 0. The molecule has 0 N–H and O–H groups in total. The van der Waals surface area contributed by atoms with E-state index in [2.05, 4.69) is 19.1 Å². The molecule has 0 saturated heterocycles. The topological polar surface area (TPSA) is 35.5 Å². The normalized spacial score (nSPS) is 26.1. The first kappa shape index (κ1) is 13.8. The molecule has 0 fully saturated rings. The third-order valence-corrected chi connectivity index (χ3v) is 3.49. The fraction of sp³-hybridized carbons (Fsp3) is 0.438. The van der Waals surface area contributed by atoms with E-state index >= 15 is 0 Å². The summed E-state index contributed by atoms with van der Waals surface area (Å²) in [5, 5.41) is 0. The fourth-order valence-corrected chi connectivity index (χ4v) is 2.29. The summed E-state index contributed by atoms with van der Waals surface area (Å²) in [6, 6.07) is 10.3. The van der Waals surface area contributed by atoms with Crippen LogP contribution in [0.25, 0.3) is 0 Å². The first-order valence-electron chi connectivity index (χ1n) is 6.66. The van der Waals surface area contributed by atoms with Crippen LogP contribution in [0.4, 0.5) is 0 Å². The molecule has 3 heteroatoms. The molecule has 2 rings (SSSR count). The zero-order valence-electron chi connectivity index (χ0n) is 11.4. The van der Waals surface area contributed by atoms with Gasteiger partial charge in [-0.25, -0.2) is 4.79 Å². The van der Waals surface area contributed by atoms with Crippen LogP contribution in [0.15, 0.2) is 42.5 Å². The van der Waals surface area contributed by atoms with Gasteiger partial charge >= 0.3 is 5.97 Å². The molecule has 1 aromatic carbocycles. The lowest BCUT2D eigenvalue weighted by molar-refractivity contribution is -0.156. The second-order valence-corrected chi connectivity index (χ2v) is 4.89. The summed E-state index contributed by atoms with van der Waals surface area (Å²) < 4.78 is 10.5. The number of carbonyl (C=O) groups excluding carboxylic acids is 1. The van der Waals surface area contributed by atoms with Gasteiger partial charge in [0.2, 0.25) is 0 Å². The van der Waals surface area contributed by atoms with Crippen molar-refractivity contribution >= 4 is 5.97 Å². The van der Waals surface area contributed by atoms with Crippen molar-refractivity contribution < 1.29 is 14.3 Å². The highest BCUT2D eigenvalue weighted by molar-refractivity contribution is 5.76. The predicted octanol–water partition coefficient (Wildman–Crippen LogP) is 2.75. The van der Waals surface area contributed by atoms with Crippen LogP contribution in [0.1, 0.15) is 18.9 Å². The highest BCUT2D eigenvalue weighted by Gasteiger charge is 2.28. The van der Waals surface area contributed by atoms with Crippen molar-refractivity contribution in [1.29, 1.82) is 0 Å². The van der Waals surface area contributed by atoms with Gasteiger partial charge in [-0.15, -0.1) is 0 Å². The summed E-state index contributed by atoms with van der Waals surface area (Å²) in [5.74, 6) is -0.00233. The molecule has 0 unspecified atom stereocenters. The molecule has 19 heavy (non-hydrogen) atoms. The Kier molecular flexibility index (Phi) is 4.74. The molecular formula is C16H20O3. The number of carbonyl (C=O) groups is 1. The SMILES string of the molecule is COC(=O)[C@@H]1C=C[C@@H](C)[C@@H](CCc2ccccc2)O1. The molecule has 0 aromatic heterocycles. The van der Waals surface area contributed by atoms with Crippen LogP contribution in [0, 0.1) is 5.92 Å². The number of methoxy groups -OCH3 is 1. The van der Waals surface area contributed by atoms with E-state index < -0.39 is 6.10 Å². The van der Waals surface area contributed by atoms with E-state index in [0.717, 1.165) is 12.8 Å². The Bertz CT molecular complexity index is 439. The van der Waals surface area contributed by atoms with Gasteiger partial charge in [-0.1, -0.05) is 43.3 Å². The van der Waals surface area contributed by atoms with Crippen LogP contribution in [0.5, 0.6) is 0 Å². The molecule has 1 aromatic rings. The number of benzene rings is 1. The van der Waals surface area contributed by atoms with Crippen molar-refractivity contribution in [2.24, 2.45) is 5.92 Å². The van der Waals surface area contributed by atoms with E-state index in [0.29, 0.717) is 5.92 Å². The van der Waals surface area contributed by atoms with Gasteiger partial charge in [0.05, 0.1) is 13.2 Å². The van der Waals surface area contributed by atoms with Crippen molar-refractivity contribution in [1.82, 2.24) is 0 Å². The molecular weight excluding hydrogens is 240 g/mol. The molecule has 1 aliphatic rings. The highest BCUT2D eigenvalue weighted by atomic mass is 16.6. The number of ether oxygens (including phenoxy) is 2. The lowest BCUT2D eigenvalue weighted by Gasteiger charge is -2.29. The van der Waals surface area contributed by atoms with Crippen molar-refractivity contribution in [3.8, 4) is 0 Å². The van der Waals surface area contributed by atoms with Crippen LogP contribution < -0.4 is 0 Å². The Hall–Kier alpha value is -1.61. The van der Waals surface area contributed by atoms with Crippen LogP contribution >= 0.6 is 0 Å². The Morgan fingerprint density at radius 1 is 1.26 bits per heavy atom. The standard InChI is InChI=1S/C16H20O3/c1-12-8-10-15(16(17)18-2)19-14(12)11-9-13-6-4-3-5-7-13/h3-8,10,12,14-15H,9,11H2,1-2H3/t12-,14-,15+/m1/s1. The molecule has 0 saturated carbocycles. The van der Waals surface area contributed by atoms with Gasteiger partial charge in [0.1, 0.15) is 0 Å². The second-order valence-electron chi connectivity index (χ2n) is 4.89. The van der Waals surface area contributed by atoms with E-state index in [1.807, 2.05) is 24.3 Å². The number of aryl methyl sites for hydroxylation is 1. The molecule has 0 spiro atoms. The van der Waals surface area contributed by atoms with Crippen molar-refractivity contribution in [3.63, 3.8) is 0 Å². The summed E-state index contributed by atoms with van der Waals surface area (Å²) in [5.41, 5.74) is 1.29. The fourth-order valence-electron chi connectivity index (χ4n) is 2.29. The quantitative estimate of drug-likeness (QED) is 0.617. The third kappa shape index (κ3) is 3.67. The highest BCUT2D eigenvalue weighted by Crippen LogP contribution is 2.23. The summed E-state index contributed by atoms with van der Waals surface area (Å²) in [4.78, 5) is 11.5. The van der Waals surface area contributed by atoms with Gasteiger partial charge in [0.15, 0.2) is 6.10 Å². The van der Waals surface area contributed by atoms with E-state index in [9.17, 15) is 4.79 Å². The maximum Gasteiger partial charge on any atom is 0.339 e. The summed E-state index contributed by atoms with van der Waals surface area (Å²) >= 11 is 0. The van der Waals surface area contributed by atoms with Gasteiger partial charge in [0.25, 0.3) is 0 Å². The van der Waals surface area contributed by atoms with Gasteiger partial charge in [0, 0.05) is 5.92 Å². The Morgan fingerprint density at radius 2 is 2.00 bits per heavy atom. The van der Waals surface area contributed by atoms with Gasteiger partial charge < -0.3 is 9.47 Å². The number of hydrogen-bond acceptors (Lipinski definition) is 3. The first-order chi connectivity index (χ1) is 9.20. The summed E-state index contributed by atoms with van der Waals surface area (Å²) in [6.07, 6.45) is 5.20. The molecule has 3 atom stereocenters. The average molecular weight is 260 g/mol. The second kappa shape index (κ2) is 6.53. The number of esters is 1. The molecule has 1 heterocycles. The van der Waals surface area contributed by atoms with Gasteiger partial charge in [-0.05, 0) is 24.5 Å². The average Bonchev–Trinajstić information content (AvgIpc) is 2.46. The van der Waals surface area contributed by atoms with Gasteiger partial charge in [-0.2, -0.15) is 0 Å². The predicted molar refractivity (Wildman–Crippen MR) is 73.7 cm³/mol. The van der Waals surface area contributed by atoms with E-state index in [-0.39, 0.29) is 12.1 Å². The van der Waals surface area contributed by atoms with E-state index in [1.165, 1.54) is 12.7 Å². The minimum atomic E-state index is -0.554. The molecule has 3 nitrogen and oxygen atoms in total. The smallest absolute Gasteiger partial charge is 0.339 e. The molecule has 1 aliphatic heterocycles. The molecule has 0 bridgehead atoms. The van der Waals surface area contributed by atoms with Crippen LogP contribution in [-0.2, 0) is 20.7 Å². The lowest BCUT2D eigenvalue weighted by atomic mass is 9.94. The van der Waals surface area contributed by atoms with Crippen LogP contribution in [0.2, 0.25) is 0 Å². The maximum atomic E-state index is 11.5. The van der Waals surface area contributed by atoms with Crippen molar-refractivity contribution in [2.45, 2.75) is 32.0 Å². The van der Waals surface area contributed by atoms with Gasteiger partial charge in [-0.3, -0.25) is 0 Å². The summed E-state index contributed by atoms with van der Waals surface area (Å²) in [6.45, 7) is 2.11. The molecule has 0 amide bonds. The van der Waals surface area contributed by atoms with E-state index in [1.54, 1.807) is 6.08 Å². The lowest BCUT2D eigenvalue weighted by Crippen LogP contribution is -2.35. The zero-order chi connectivity index (χ0) is 13.7. The summed E-state index contributed by atoms with van der Waals surface area (Å²) in [7, 11) is 1.39. The minimum Gasteiger partial charge on any atom is -0.467 e. The van der Waals surface area contributed by atoms with Crippen LogP contribution in [-0.4, -0.2) is 25.3 Å². The Morgan fingerprint density at radius 3 is 2.68 bits per heavy atom. The Balaban J connectivity index is 1.93. The molecule has 0 aliphatic carbocycles. The van der Waals surface area contributed by atoms with E-state index in [4.69, 9.17) is 9.47 Å². The number of rotatable bonds is 4. The van der Waals surface area contributed by atoms with Crippen molar-refractivity contribution in [2.75, 3.05) is 7.11 Å². The molecule has 0 radical (unpaired) electrons.